The Morgan fingerprint density at radius 3 is 2.28 bits per heavy atom. The molecule has 7 atom stereocenters. The number of hydrogen-bond donors (Lipinski definition) is 2. The number of benzene rings is 1. The monoisotopic (exact) mass is 784 g/mol. The highest BCUT2D eigenvalue weighted by Gasteiger charge is 2.59. The Morgan fingerprint density at radius 2 is 1.60 bits per heavy atom. The van der Waals surface area contributed by atoms with Crippen molar-refractivity contribution in [2.45, 2.75) is 193 Å². The molecule has 0 radical (unpaired) electrons. The Bertz CT molecular complexity index is 1610. The van der Waals surface area contributed by atoms with E-state index in [0.717, 1.165) is 98.7 Å². The number of allylic oxidation sites excluding steroid dienone is 2. The van der Waals surface area contributed by atoms with Gasteiger partial charge in [0, 0.05) is 23.4 Å². The molecule has 0 heterocycles. The van der Waals surface area contributed by atoms with Crippen molar-refractivity contribution in [3.05, 3.63) is 46.5 Å². The number of amides is 1. The van der Waals surface area contributed by atoms with Gasteiger partial charge >= 0.3 is 6.09 Å². The minimum absolute atomic E-state index is 0.0254. The smallest absolute Gasteiger partial charge is 0.410 e. The zero-order chi connectivity index (χ0) is 40.1. The number of Topliss-reactive ketones (excluding diaryl/α,β-unsaturated/α-hetero) is 1. The van der Waals surface area contributed by atoms with Crippen LogP contribution in [0.5, 0.6) is 0 Å². The molecule has 0 spiro atoms. The first-order chi connectivity index (χ1) is 27.2. The molecule has 9 aliphatic carbocycles. The van der Waals surface area contributed by atoms with Gasteiger partial charge in [-0.05, 0) is 180 Å². The summed E-state index contributed by atoms with van der Waals surface area (Å²) in [5.41, 5.74) is 2.61. The fraction of sp³-hybridized carbons (Fsp3) is 0.804. The van der Waals surface area contributed by atoms with Gasteiger partial charge in [-0.2, -0.15) is 0 Å². The van der Waals surface area contributed by atoms with Crippen molar-refractivity contribution in [1.82, 2.24) is 4.90 Å². The summed E-state index contributed by atoms with van der Waals surface area (Å²) in [6, 6.07) is 6.46. The summed E-state index contributed by atoms with van der Waals surface area (Å²) in [4.78, 5) is 31.7. The third-order valence-corrected chi connectivity index (χ3v) is 17.5. The maximum atomic E-state index is 15.0. The normalized spacial score (nSPS) is 39.8. The molecule has 7 fully saturated rings. The molecule has 57 heavy (non-hydrogen) atoms. The summed E-state index contributed by atoms with van der Waals surface area (Å²) in [7, 11) is 0. The van der Waals surface area contributed by atoms with Crippen LogP contribution in [0, 0.1) is 52.3 Å². The number of carbonyl (C=O) groups excluding carboxylic acids is 2. The predicted molar refractivity (Wildman–Crippen MR) is 228 cm³/mol. The zero-order valence-electron chi connectivity index (χ0n) is 36.4. The number of ether oxygens (including phenoxy) is 1. The molecular formula is C51H77NO5. The third-order valence-electron chi connectivity index (χ3n) is 17.5. The Morgan fingerprint density at radius 1 is 0.895 bits per heavy atom. The fourth-order valence-electron chi connectivity index (χ4n) is 14.6. The van der Waals surface area contributed by atoms with Gasteiger partial charge in [0.1, 0.15) is 6.10 Å². The van der Waals surface area contributed by atoms with E-state index < -0.39 is 17.1 Å². The van der Waals surface area contributed by atoms with Crippen LogP contribution >= 0.6 is 0 Å². The molecule has 6 nitrogen and oxygen atoms in total. The molecule has 7 saturated carbocycles. The molecule has 6 bridgehead atoms. The minimum atomic E-state index is -1.14. The predicted octanol–water partition coefficient (Wildman–Crippen LogP) is 11.6. The highest BCUT2D eigenvalue weighted by Crippen LogP contribution is 2.62. The molecule has 1 aromatic carbocycles. The number of fused-ring (bicyclic) bond motifs is 8. The van der Waals surface area contributed by atoms with E-state index in [1.165, 1.54) is 56.9 Å². The van der Waals surface area contributed by atoms with Crippen LogP contribution in [0.1, 0.15) is 190 Å². The average Bonchev–Trinajstić information content (AvgIpc) is 3.41. The number of carbonyl (C=O) groups is 2. The highest BCUT2D eigenvalue weighted by molar-refractivity contribution is 5.99. The first-order valence-electron chi connectivity index (χ1n) is 23.9. The average molecular weight is 784 g/mol. The Hall–Kier alpha value is -2.18. The van der Waals surface area contributed by atoms with E-state index in [9.17, 15) is 19.8 Å². The van der Waals surface area contributed by atoms with Gasteiger partial charge in [0.2, 0.25) is 0 Å². The minimum Gasteiger partial charge on any atom is -0.446 e. The van der Waals surface area contributed by atoms with Crippen LogP contribution in [0.2, 0.25) is 0 Å². The van der Waals surface area contributed by atoms with E-state index in [1.54, 1.807) is 0 Å². The molecule has 316 valence electrons. The lowest BCUT2D eigenvalue weighted by Gasteiger charge is -2.58. The number of nitrogens with zero attached hydrogens (tertiary/aromatic N) is 1. The number of aliphatic hydroxyl groups excluding tert-OH is 1. The molecule has 6 heteroatoms. The van der Waals surface area contributed by atoms with Gasteiger partial charge in [0.05, 0.1) is 18.2 Å². The molecule has 10 rings (SSSR count). The fourth-order valence-corrected chi connectivity index (χ4v) is 14.6. The lowest BCUT2D eigenvalue weighted by molar-refractivity contribution is -0.108. The first kappa shape index (κ1) is 41.5. The van der Waals surface area contributed by atoms with E-state index in [1.807, 2.05) is 4.90 Å². The first-order valence-corrected chi connectivity index (χ1v) is 23.9. The summed E-state index contributed by atoms with van der Waals surface area (Å²) >= 11 is 0. The summed E-state index contributed by atoms with van der Waals surface area (Å²) in [5, 5.41) is 24.6. The standard InChI is InChI=1S/C51H77NO5/c1-33(2)42-17-14-35(4)22-46(42)57-48(55)52(31-50-28-37-23-38(29-50)25-39(24-37)30-50)32-51(56)21-19-45-43-18-15-36(27-44(43)47(54)40-11-7-6-8-12-40)26-41(53)16-13-34(3)10-9-20-49(45,51)5/h10,15,18,27,33,35,37-42,45-46,53,56H,6-9,11-14,16-17,19-26,28-32H2,1-5H3. The van der Waals surface area contributed by atoms with Gasteiger partial charge in [-0.25, -0.2) is 4.79 Å². The number of ketones is 1. The second kappa shape index (κ2) is 16.7. The molecule has 1 aromatic rings. The van der Waals surface area contributed by atoms with Crippen LogP contribution in [-0.4, -0.2) is 57.9 Å². The number of rotatable bonds is 8. The van der Waals surface area contributed by atoms with Crippen LogP contribution in [0.25, 0.3) is 0 Å². The molecule has 1 amide bonds. The largest absolute Gasteiger partial charge is 0.446 e. The van der Waals surface area contributed by atoms with Crippen molar-refractivity contribution in [1.29, 1.82) is 0 Å². The van der Waals surface area contributed by atoms with Crippen molar-refractivity contribution in [3.8, 4) is 0 Å². The number of hydrogen-bond acceptors (Lipinski definition) is 5. The summed E-state index contributed by atoms with van der Waals surface area (Å²) in [6.07, 6.45) is 22.8. The number of aliphatic hydroxyl groups is 2. The van der Waals surface area contributed by atoms with Crippen LogP contribution < -0.4 is 0 Å². The molecule has 0 aromatic heterocycles. The van der Waals surface area contributed by atoms with Crippen LogP contribution in [0.15, 0.2) is 29.8 Å². The van der Waals surface area contributed by atoms with Gasteiger partial charge in [0.15, 0.2) is 5.78 Å². The van der Waals surface area contributed by atoms with E-state index >= 15 is 0 Å². The molecule has 0 aliphatic heterocycles. The Labute approximate surface area is 345 Å². The summed E-state index contributed by atoms with van der Waals surface area (Å²) in [5.74, 6) is 3.94. The van der Waals surface area contributed by atoms with Crippen molar-refractivity contribution in [3.63, 3.8) is 0 Å². The van der Waals surface area contributed by atoms with E-state index in [4.69, 9.17) is 4.74 Å². The topological polar surface area (TPSA) is 87.1 Å². The highest BCUT2D eigenvalue weighted by atomic mass is 16.6. The molecule has 0 saturated heterocycles. The summed E-state index contributed by atoms with van der Waals surface area (Å²) in [6.45, 7) is 12.3. The van der Waals surface area contributed by atoms with Crippen molar-refractivity contribution in [2.24, 2.45) is 52.3 Å². The van der Waals surface area contributed by atoms with Crippen LogP contribution in [0.3, 0.4) is 0 Å². The second-order valence-electron chi connectivity index (χ2n) is 22.2. The quantitative estimate of drug-likeness (QED) is 0.202. The lowest BCUT2D eigenvalue weighted by atomic mass is 9.49. The third kappa shape index (κ3) is 8.58. The zero-order valence-corrected chi connectivity index (χ0v) is 36.4. The molecular weight excluding hydrogens is 707 g/mol. The molecule has 9 aliphatic rings. The summed E-state index contributed by atoms with van der Waals surface area (Å²) < 4.78 is 6.73. The molecule has 2 N–H and O–H groups in total. The van der Waals surface area contributed by atoms with E-state index in [-0.39, 0.29) is 41.8 Å². The second-order valence-corrected chi connectivity index (χ2v) is 22.2. The SMILES string of the molecule is CC1=CCCC2(C)C(CCC2(O)CN(CC23CC4CC(CC(C4)C2)C3)C(=O)OC2CC(C)CCC2C(C)C)c2ccc(cc2C(=O)C2CCCCC2)CC(O)CC1. The van der Waals surface area contributed by atoms with Crippen molar-refractivity contribution < 1.29 is 24.5 Å². The maximum absolute atomic E-state index is 15.0. The van der Waals surface area contributed by atoms with Crippen LogP contribution in [0.4, 0.5) is 4.79 Å². The molecule has 7 unspecified atom stereocenters. The lowest BCUT2D eigenvalue weighted by Crippen LogP contribution is -2.58. The maximum Gasteiger partial charge on any atom is 0.410 e. The van der Waals surface area contributed by atoms with Gasteiger partial charge in [-0.1, -0.05) is 77.2 Å². The van der Waals surface area contributed by atoms with Crippen molar-refractivity contribution in [2.75, 3.05) is 13.1 Å². The van der Waals surface area contributed by atoms with Gasteiger partial charge in [0.25, 0.3) is 0 Å². The van der Waals surface area contributed by atoms with E-state index in [0.29, 0.717) is 43.6 Å². The van der Waals surface area contributed by atoms with Crippen LogP contribution in [-0.2, 0) is 11.2 Å². The van der Waals surface area contributed by atoms with Gasteiger partial charge < -0.3 is 19.8 Å². The van der Waals surface area contributed by atoms with Gasteiger partial charge in [-0.15, -0.1) is 0 Å². The Balaban J connectivity index is 1.16. The van der Waals surface area contributed by atoms with Crippen molar-refractivity contribution >= 4 is 11.9 Å². The van der Waals surface area contributed by atoms with Gasteiger partial charge in [-0.3, -0.25) is 4.79 Å². The Kier molecular flexibility index (Phi) is 12.2. The van der Waals surface area contributed by atoms with E-state index in [2.05, 4.69) is 58.9 Å².